The normalized spacial score (nSPS) is 30.0. The summed E-state index contributed by atoms with van der Waals surface area (Å²) in [5.74, 6) is 0.217. The molecule has 4 nitrogen and oxygen atoms in total. The highest BCUT2D eigenvalue weighted by Crippen LogP contribution is 2.67. The first kappa shape index (κ1) is 18.1. The van der Waals surface area contributed by atoms with Crippen molar-refractivity contribution < 1.29 is 19.7 Å². The van der Waals surface area contributed by atoms with Crippen LogP contribution in [0.2, 0.25) is 0 Å². The van der Waals surface area contributed by atoms with Crippen LogP contribution in [-0.4, -0.2) is 23.6 Å². The topological polar surface area (TPSA) is 66.8 Å². The fraction of sp³-hybridized carbons (Fsp3) is 0.667. The second kappa shape index (κ2) is 5.65. The number of aromatic hydroxyl groups is 2. The molecule has 1 aromatic carbocycles. The largest absolute Gasteiger partial charge is 0.507 e. The van der Waals surface area contributed by atoms with E-state index in [9.17, 15) is 15.0 Å². The van der Waals surface area contributed by atoms with Crippen molar-refractivity contribution in [2.45, 2.75) is 71.1 Å². The third-order valence-electron chi connectivity index (χ3n) is 6.71. The van der Waals surface area contributed by atoms with Gasteiger partial charge >= 0.3 is 0 Å². The zero-order valence-corrected chi connectivity index (χ0v) is 16.1. The van der Waals surface area contributed by atoms with Crippen LogP contribution >= 0.6 is 0 Å². The molecule has 3 atom stereocenters. The zero-order chi connectivity index (χ0) is 18.7. The zero-order valence-electron chi connectivity index (χ0n) is 16.1. The molecule has 0 heterocycles. The molecule has 4 heteroatoms. The van der Waals surface area contributed by atoms with Gasteiger partial charge in [-0.05, 0) is 30.1 Å². The lowest BCUT2D eigenvalue weighted by Gasteiger charge is -2.49. The average Bonchev–Trinajstić information content (AvgIpc) is 2.80. The van der Waals surface area contributed by atoms with Gasteiger partial charge in [0.2, 0.25) is 0 Å². The quantitative estimate of drug-likeness (QED) is 0.619. The van der Waals surface area contributed by atoms with E-state index >= 15 is 0 Å². The predicted octanol–water partition coefficient (Wildman–Crippen LogP) is 4.61. The van der Waals surface area contributed by atoms with Gasteiger partial charge in [-0.15, -0.1) is 0 Å². The van der Waals surface area contributed by atoms with Crippen LogP contribution in [0, 0.1) is 11.3 Å². The molecule has 138 valence electrons. The molecule has 0 amide bonds. The minimum atomic E-state index is -0.399. The van der Waals surface area contributed by atoms with Gasteiger partial charge in [-0.3, -0.25) is 0 Å². The molecule has 0 saturated heterocycles. The molecule has 2 N–H and O–H groups in total. The Bertz CT molecular complexity index is 719. The third-order valence-corrected chi connectivity index (χ3v) is 6.71. The first-order valence-corrected chi connectivity index (χ1v) is 9.23. The summed E-state index contributed by atoms with van der Waals surface area (Å²) in [5.41, 5.74) is 1.56. The van der Waals surface area contributed by atoms with Crippen LogP contribution in [0.25, 0.3) is 0 Å². The Morgan fingerprint density at radius 2 is 1.80 bits per heavy atom. The summed E-state index contributed by atoms with van der Waals surface area (Å²) in [5, 5.41) is 22.2. The first-order chi connectivity index (χ1) is 11.6. The number of ether oxygens (including phenoxy) is 1. The van der Waals surface area contributed by atoms with E-state index in [-0.39, 0.29) is 34.2 Å². The molecule has 25 heavy (non-hydrogen) atoms. The lowest BCUT2D eigenvalue weighted by molar-refractivity contribution is -0.112. The van der Waals surface area contributed by atoms with Gasteiger partial charge in [0.05, 0.1) is 7.11 Å². The van der Waals surface area contributed by atoms with Crippen molar-refractivity contribution in [1.29, 1.82) is 0 Å². The first-order valence-electron chi connectivity index (χ1n) is 9.23. The molecular formula is C21H30O4. The SMILES string of the molecule is COc1c(O)c2c(c(O)c1C(C)C)[C@@H](C=O)[C@H]1C(C)(C)CCC[C@]21C. The molecule has 0 bridgehead atoms. The molecule has 3 rings (SSSR count). The molecule has 2 aliphatic carbocycles. The molecule has 0 unspecified atom stereocenters. The minimum Gasteiger partial charge on any atom is -0.507 e. The van der Waals surface area contributed by atoms with Gasteiger partial charge in [0.15, 0.2) is 11.5 Å². The molecule has 0 radical (unpaired) electrons. The smallest absolute Gasteiger partial charge is 0.167 e. The van der Waals surface area contributed by atoms with Crippen LogP contribution in [0.5, 0.6) is 17.2 Å². The van der Waals surface area contributed by atoms with Crippen LogP contribution in [0.4, 0.5) is 0 Å². The van der Waals surface area contributed by atoms with E-state index in [0.29, 0.717) is 16.9 Å². The van der Waals surface area contributed by atoms with Crippen LogP contribution in [-0.2, 0) is 10.2 Å². The van der Waals surface area contributed by atoms with E-state index in [4.69, 9.17) is 4.74 Å². The lowest BCUT2D eigenvalue weighted by Crippen LogP contribution is -2.44. The monoisotopic (exact) mass is 346 g/mol. The maximum atomic E-state index is 12.1. The molecule has 0 aromatic heterocycles. The van der Waals surface area contributed by atoms with E-state index in [1.54, 1.807) is 0 Å². The predicted molar refractivity (Wildman–Crippen MR) is 97.7 cm³/mol. The Labute approximate surface area is 150 Å². The summed E-state index contributed by atoms with van der Waals surface area (Å²) >= 11 is 0. The Balaban J connectivity index is 2.41. The summed E-state index contributed by atoms with van der Waals surface area (Å²) in [7, 11) is 1.52. The maximum absolute atomic E-state index is 12.1. The minimum absolute atomic E-state index is 0.0260. The fourth-order valence-corrected chi connectivity index (χ4v) is 5.95. The van der Waals surface area contributed by atoms with Gasteiger partial charge in [0.1, 0.15) is 12.0 Å². The number of carbonyl (C=O) groups is 1. The van der Waals surface area contributed by atoms with Crippen molar-refractivity contribution in [3.05, 3.63) is 16.7 Å². The van der Waals surface area contributed by atoms with Crippen LogP contribution < -0.4 is 4.74 Å². The van der Waals surface area contributed by atoms with Crippen LogP contribution in [0.3, 0.4) is 0 Å². The standard InChI is InChI=1S/C21H30O4/c1-11(2)13-16(23)14-12(10-22)19-20(3,4)8-7-9-21(19,5)15(14)17(24)18(13)25-6/h10-12,19,23-24H,7-9H2,1-6H3/t12-,19+,21-/m1/s1. The number of hydrogen-bond acceptors (Lipinski definition) is 4. The number of methoxy groups -OCH3 is 1. The van der Waals surface area contributed by atoms with Crippen molar-refractivity contribution in [3.63, 3.8) is 0 Å². The number of phenols is 2. The van der Waals surface area contributed by atoms with E-state index < -0.39 is 5.92 Å². The van der Waals surface area contributed by atoms with Gasteiger partial charge in [-0.25, -0.2) is 0 Å². The Kier molecular flexibility index (Phi) is 4.09. The van der Waals surface area contributed by atoms with E-state index in [1.807, 2.05) is 13.8 Å². The van der Waals surface area contributed by atoms with E-state index in [2.05, 4.69) is 20.8 Å². The number of fused-ring (bicyclic) bond motifs is 3. The van der Waals surface area contributed by atoms with Crippen LogP contribution in [0.1, 0.15) is 82.4 Å². The van der Waals surface area contributed by atoms with Gasteiger partial charge in [0, 0.05) is 28.0 Å². The van der Waals surface area contributed by atoms with Crippen molar-refractivity contribution in [1.82, 2.24) is 0 Å². The third kappa shape index (κ3) is 2.22. The Morgan fingerprint density at radius 3 is 2.32 bits per heavy atom. The van der Waals surface area contributed by atoms with Gasteiger partial charge in [-0.1, -0.05) is 41.0 Å². The van der Waals surface area contributed by atoms with Crippen LogP contribution in [0.15, 0.2) is 0 Å². The lowest BCUT2D eigenvalue weighted by atomic mass is 9.55. The highest BCUT2D eigenvalue weighted by molar-refractivity contribution is 5.77. The number of hydrogen-bond donors (Lipinski definition) is 2. The average molecular weight is 346 g/mol. The van der Waals surface area contributed by atoms with Gasteiger partial charge in [-0.2, -0.15) is 0 Å². The number of phenolic OH excluding ortho intramolecular Hbond substituents is 2. The van der Waals surface area contributed by atoms with Crippen molar-refractivity contribution in [2.75, 3.05) is 7.11 Å². The molecule has 1 aromatic rings. The number of benzene rings is 1. The molecule has 1 saturated carbocycles. The molecule has 1 fully saturated rings. The van der Waals surface area contributed by atoms with Crippen molar-refractivity contribution in [2.24, 2.45) is 11.3 Å². The highest BCUT2D eigenvalue weighted by Gasteiger charge is 2.59. The fourth-order valence-electron chi connectivity index (χ4n) is 5.95. The summed E-state index contributed by atoms with van der Waals surface area (Å²) < 4.78 is 5.49. The van der Waals surface area contributed by atoms with Gasteiger partial charge in [0.25, 0.3) is 0 Å². The molecular weight excluding hydrogens is 316 g/mol. The summed E-state index contributed by atoms with van der Waals surface area (Å²) in [4.78, 5) is 12.1. The summed E-state index contributed by atoms with van der Waals surface area (Å²) in [6, 6.07) is 0. The molecule has 2 aliphatic rings. The van der Waals surface area contributed by atoms with Gasteiger partial charge < -0.3 is 19.7 Å². The number of carbonyl (C=O) groups excluding carboxylic acids is 1. The molecule has 0 spiro atoms. The molecule has 0 aliphatic heterocycles. The Hall–Kier alpha value is -1.71. The number of rotatable bonds is 3. The second-order valence-corrected chi connectivity index (χ2v) is 8.99. The maximum Gasteiger partial charge on any atom is 0.167 e. The van der Waals surface area contributed by atoms with E-state index in [0.717, 1.165) is 31.1 Å². The van der Waals surface area contributed by atoms with Crippen molar-refractivity contribution >= 4 is 6.29 Å². The Morgan fingerprint density at radius 1 is 1.16 bits per heavy atom. The van der Waals surface area contributed by atoms with E-state index in [1.165, 1.54) is 7.11 Å². The van der Waals surface area contributed by atoms with Crippen molar-refractivity contribution in [3.8, 4) is 17.2 Å². The second-order valence-electron chi connectivity index (χ2n) is 8.99. The highest BCUT2D eigenvalue weighted by atomic mass is 16.5. The number of aldehydes is 1. The summed E-state index contributed by atoms with van der Waals surface area (Å²) in [6.07, 6.45) is 3.95. The summed E-state index contributed by atoms with van der Waals surface area (Å²) in [6.45, 7) is 10.4.